The molecule has 0 amide bonds. The zero-order chi connectivity index (χ0) is 15.3. The number of carboxylic acids is 1. The van der Waals surface area contributed by atoms with Gasteiger partial charge in [-0.1, -0.05) is 6.92 Å². The van der Waals surface area contributed by atoms with Crippen LogP contribution in [0, 0.1) is 17.0 Å². The van der Waals surface area contributed by atoms with Crippen molar-refractivity contribution in [1.29, 1.82) is 0 Å². The molecular formula is C12H20N4O4. The fourth-order valence-electron chi connectivity index (χ4n) is 2.10. The predicted octanol–water partition coefficient (Wildman–Crippen LogP) is 1.81. The minimum absolute atomic E-state index is 0.0364. The van der Waals surface area contributed by atoms with Crippen molar-refractivity contribution in [2.75, 3.05) is 18.0 Å². The van der Waals surface area contributed by atoms with E-state index in [0.29, 0.717) is 24.6 Å². The average molecular weight is 284 g/mol. The summed E-state index contributed by atoms with van der Waals surface area (Å²) in [6.07, 6.45) is 0.725. The Labute approximate surface area is 117 Å². The zero-order valence-electron chi connectivity index (χ0n) is 12.0. The van der Waals surface area contributed by atoms with E-state index in [2.05, 4.69) is 5.10 Å². The second kappa shape index (κ2) is 6.88. The quantitative estimate of drug-likeness (QED) is 0.577. The van der Waals surface area contributed by atoms with Crippen LogP contribution in [-0.2, 0) is 11.3 Å². The molecule has 0 fully saturated rings. The molecule has 0 spiro atoms. The van der Waals surface area contributed by atoms with E-state index >= 15 is 0 Å². The molecule has 1 aromatic rings. The number of anilines is 1. The molecule has 0 unspecified atom stereocenters. The number of aromatic nitrogens is 2. The van der Waals surface area contributed by atoms with Gasteiger partial charge in [-0.3, -0.25) is 14.9 Å². The van der Waals surface area contributed by atoms with Gasteiger partial charge in [-0.25, -0.2) is 4.68 Å². The molecule has 8 nitrogen and oxygen atoms in total. The normalized spacial score (nSPS) is 10.6. The van der Waals surface area contributed by atoms with Gasteiger partial charge in [0.25, 0.3) is 0 Å². The van der Waals surface area contributed by atoms with Crippen LogP contribution in [0.3, 0.4) is 0 Å². The van der Waals surface area contributed by atoms with Gasteiger partial charge in [-0.05, 0) is 20.3 Å². The summed E-state index contributed by atoms with van der Waals surface area (Å²) in [5.74, 6) is -0.525. The van der Waals surface area contributed by atoms with E-state index in [-0.39, 0.29) is 18.7 Å². The van der Waals surface area contributed by atoms with E-state index in [1.54, 1.807) is 16.5 Å². The van der Waals surface area contributed by atoms with Gasteiger partial charge in [0.1, 0.15) is 5.69 Å². The number of rotatable bonds is 8. The average Bonchev–Trinajstić information content (AvgIpc) is 2.67. The van der Waals surface area contributed by atoms with Gasteiger partial charge in [0, 0.05) is 19.6 Å². The fourth-order valence-corrected chi connectivity index (χ4v) is 2.10. The Bertz CT molecular complexity index is 498. The zero-order valence-corrected chi connectivity index (χ0v) is 12.0. The van der Waals surface area contributed by atoms with Gasteiger partial charge in [0.05, 0.1) is 11.3 Å². The Morgan fingerprint density at radius 2 is 2.15 bits per heavy atom. The van der Waals surface area contributed by atoms with Crippen LogP contribution in [0.5, 0.6) is 0 Å². The minimum Gasteiger partial charge on any atom is -0.481 e. The second-order valence-corrected chi connectivity index (χ2v) is 4.46. The number of carboxylic acid groups (broad SMARTS) is 1. The highest BCUT2D eigenvalue weighted by Crippen LogP contribution is 2.31. The van der Waals surface area contributed by atoms with Gasteiger partial charge >= 0.3 is 11.7 Å². The van der Waals surface area contributed by atoms with E-state index in [9.17, 15) is 14.9 Å². The van der Waals surface area contributed by atoms with Crippen LogP contribution in [0.25, 0.3) is 0 Å². The van der Waals surface area contributed by atoms with Crippen LogP contribution in [0.4, 0.5) is 11.5 Å². The van der Waals surface area contributed by atoms with Crippen LogP contribution < -0.4 is 4.90 Å². The molecule has 8 heteroatoms. The topological polar surface area (TPSA) is 101 Å². The maximum Gasteiger partial charge on any atom is 0.333 e. The highest BCUT2D eigenvalue weighted by molar-refractivity contribution is 5.68. The van der Waals surface area contributed by atoms with Gasteiger partial charge < -0.3 is 10.0 Å². The van der Waals surface area contributed by atoms with Crippen LogP contribution in [0.2, 0.25) is 0 Å². The summed E-state index contributed by atoms with van der Waals surface area (Å²) in [5.41, 5.74) is 0.318. The Kier molecular flexibility index (Phi) is 5.48. The summed E-state index contributed by atoms with van der Waals surface area (Å²) >= 11 is 0. The minimum atomic E-state index is -0.926. The molecule has 0 bridgehead atoms. The predicted molar refractivity (Wildman–Crippen MR) is 74.0 cm³/mol. The van der Waals surface area contributed by atoms with Crippen molar-refractivity contribution < 1.29 is 14.8 Å². The lowest BCUT2D eigenvalue weighted by Gasteiger charge is -2.22. The molecule has 1 heterocycles. The first kappa shape index (κ1) is 15.9. The standard InChI is InChI=1S/C12H20N4O4/c1-4-7-15-12(11(16(19)20)9(3)13-15)14(5-2)8-6-10(17)18/h4-8H2,1-3H3,(H,17,18). The van der Waals surface area contributed by atoms with Crippen molar-refractivity contribution in [3.8, 4) is 0 Å². The van der Waals surface area contributed by atoms with Crippen LogP contribution in [-0.4, -0.2) is 38.9 Å². The number of carbonyl (C=O) groups is 1. The van der Waals surface area contributed by atoms with E-state index < -0.39 is 10.9 Å². The smallest absolute Gasteiger partial charge is 0.333 e. The Balaban J connectivity index is 3.22. The molecule has 0 radical (unpaired) electrons. The number of hydrogen-bond donors (Lipinski definition) is 1. The van der Waals surface area contributed by atoms with Crippen molar-refractivity contribution in [2.24, 2.45) is 0 Å². The summed E-state index contributed by atoms with van der Waals surface area (Å²) in [4.78, 5) is 23.2. The van der Waals surface area contributed by atoms with Crippen molar-refractivity contribution in [1.82, 2.24) is 9.78 Å². The summed E-state index contributed by atoms with van der Waals surface area (Å²) < 4.78 is 1.60. The number of aliphatic carboxylic acids is 1. The highest BCUT2D eigenvalue weighted by atomic mass is 16.6. The third kappa shape index (κ3) is 3.46. The summed E-state index contributed by atoms with van der Waals surface area (Å²) in [6.45, 7) is 6.67. The number of aryl methyl sites for hydroxylation is 2. The van der Waals surface area contributed by atoms with Crippen LogP contribution in [0.15, 0.2) is 0 Å². The molecule has 0 aliphatic heterocycles. The molecular weight excluding hydrogens is 264 g/mol. The summed E-state index contributed by atoms with van der Waals surface area (Å²) in [6, 6.07) is 0. The second-order valence-electron chi connectivity index (χ2n) is 4.46. The molecule has 0 aliphatic carbocycles. The first-order valence-corrected chi connectivity index (χ1v) is 6.60. The van der Waals surface area contributed by atoms with Crippen molar-refractivity contribution in [3.05, 3.63) is 15.8 Å². The van der Waals surface area contributed by atoms with Crippen LogP contribution >= 0.6 is 0 Å². The van der Waals surface area contributed by atoms with E-state index in [1.807, 2.05) is 13.8 Å². The van der Waals surface area contributed by atoms with Crippen LogP contribution in [0.1, 0.15) is 32.4 Å². The Hall–Kier alpha value is -2.12. The lowest BCUT2D eigenvalue weighted by atomic mass is 10.3. The third-order valence-electron chi connectivity index (χ3n) is 2.96. The molecule has 1 rings (SSSR count). The van der Waals surface area contributed by atoms with Gasteiger partial charge in [-0.15, -0.1) is 0 Å². The van der Waals surface area contributed by atoms with E-state index in [1.165, 1.54) is 0 Å². The van der Waals surface area contributed by atoms with Crippen molar-refractivity contribution in [2.45, 2.75) is 40.2 Å². The number of hydrogen-bond acceptors (Lipinski definition) is 5. The van der Waals surface area contributed by atoms with Gasteiger partial charge in [0.2, 0.25) is 5.82 Å². The Morgan fingerprint density at radius 3 is 2.60 bits per heavy atom. The number of nitro groups is 1. The molecule has 0 aliphatic rings. The lowest BCUT2D eigenvalue weighted by Crippen LogP contribution is -2.29. The Morgan fingerprint density at radius 1 is 1.50 bits per heavy atom. The molecule has 0 atom stereocenters. The molecule has 1 aromatic heterocycles. The maximum absolute atomic E-state index is 11.2. The summed E-state index contributed by atoms with van der Waals surface area (Å²) in [5, 5.41) is 24.2. The molecule has 0 saturated carbocycles. The highest BCUT2D eigenvalue weighted by Gasteiger charge is 2.28. The van der Waals surface area contributed by atoms with Crippen molar-refractivity contribution in [3.63, 3.8) is 0 Å². The molecule has 0 saturated heterocycles. The number of nitrogens with zero attached hydrogens (tertiary/aromatic N) is 4. The molecule has 20 heavy (non-hydrogen) atoms. The fraction of sp³-hybridized carbons (Fsp3) is 0.667. The maximum atomic E-state index is 11.2. The monoisotopic (exact) mass is 284 g/mol. The lowest BCUT2D eigenvalue weighted by molar-refractivity contribution is -0.384. The SMILES string of the molecule is CCCn1nc(C)c([N+](=O)[O-])c1N(CC)CCC(=O)O. The first-order chi connectivity index (χ1) is 9.42. The van der Waals surface area contributed by atoms with Gasteiger partial charge in [0.15, 0.2) is 0 Å². The van der Waals surface area contributed by atoms with Gasteiger partial charge in [-0.2, -0.15) is 5.10 Å². The summed E-state index contributed by atoms with van der Waals surface area (Å²) in [7, 11) is 0. The molecule has 0 aromatic carbocycles. The van der Waals surface area contributed by atoms with Crippen molar-refractivity contribution >= 4 is 17.5 Å². The largest absolute Gasteiger partial charge is 0.481 e. The molecule has 1 N–H and O–H groups in total. The first-order valence-electron chi connectivity index (χ1n) is 6.60. The third-order valence-corrected chi connectivity index (χ3v) is 2.96. The van der Waals surface area contributed by atoms with E-state index in [0.717, 1.165) is 6.42 Å². The van der Waals surface area contributed by atoms with E-state index in [4.69, 9.17) is 5.11 Å². The molecule has 112 valence electrons.